The molecule has 0 aliphatic heterocycles. The maximum Gasteiger partial charge on any atom is -2.00 e. The fraction of sp³-hybridized carbons (Fsp3) is 0.333. The fourth-order valence-electron chi connectivity index (χ4n) is 1.72. The van der Waals surface area contributed by atoms with Crippen LogP contribution in [-0.2, 0) is 13.5 Å². The predicted molar refractivity (Wildman–Crippen MR) is 109 cm³/mol. The van der Waals surface area contributed by atoms with Crippen LogP contribution in [0, 0.1) is 0 Å². The summed E-state index contributed by atoms with van der Waals surface area (Å²) in [5.74, 6) is 0. The smallest absolute Gasteiger partial charge is 2.00 e. The molecule has 0 bridgehead atoms. The second kappa shape index (κ2) is 22.7. The largest absolute Gasteiger partial charge is 2.00 e. The molecule has 0 rings (SSSR count). The SMILES string of the molecule is C=C[CH2][Sn+]([CH2]C=C)[CH2]C=C.C=C[CH2][Sn+]([CH2]C=C)[CH2]C=C.[S-2]. The second-order valence-corrected chi connectivity index (χ2v) is 20.0. The van der Waals surface area contributed by atoms with Gasteiger partial charge < -0.3 is 13.5 Å². The molecular formula is C18H30SSn2. The van der Waals surface area contributed by atoms with E-state index in [1.165, 1.54) is 26.6 Å². The molecular weight excluding hydrogens is 486 g/mol. The summed E-state index contributed by atoms with van der Waals surface area (Å²) in [4.78, 5) is 0. The van der Waals surface area contributed by atoms with E-state index in [4.69, 9.17) is 0 Å². The summed E-state index contributed by atoms with van der Waals surface area (Å²) >= 11 is -2.23. The third-order valence-electron chi connectivity index (χ3n) is 2.60. The topological polar surface area (TPSA) is 0 Å². The van der Waals surface area contributed by atoms with E-state index < -0.39 is 39.5 Å². The minimum Gasteiger partial charge on any atom is -2.00 e. The van der Waals surface area contributed by atoms with Gasteiger partial charge >= 0.3 is 142 Å². The van der Waals surface area contributed by atoms with Crippen LogP contribution in [0.4, 0.5) is 0 Å². The van der Waals surface area contributed by atoms with Crippen molar-refractivity contribution in [2.24, 2.45) is 0 Å². The molecule has 0 aliphatic carbocycles. The van der Waals surface area contributed by atoms with Crippen LogP contribution in [0.25, 0.3) is 0 Å². The zero-order valence-corrected chi connectivity index (χ0v) is 19.9. The van der Waals surface area contributed by atoms with Crippen molar-refractivity contribution in [2.45, 2.75) is 26.6 Å². The second-order valence-electron chi connectivity index (χ2n) is 4.46. The Morgan fingerprint density at radius 1 is 0.429 bits per heavy atom. The van der Waals surface area contributed by atoms with Crippen LogP contribution in [0.15, 0.2) is 75.9 Å². The van der Waals surface area contributed by atoms with Crippen molar-refractivity contribution in [1.29, 1.82) is 0 Å². The number of rotatable bonds is 12. The zero-order valence-electron chi connectivity index (χ0n) is 13.4. The molecule has 0 amide bonds. The van der Waals surface area contributed by atoms with Crippen LogP contribution >= 0.6 is 0 Å². The maximum absolute atomic E-state index is 3.75. The number of allylic oxidation sites excluding steroid dienone is 6. The Hall–Kier alpha value is 0.387. The molecule has 0 N–H and O–H groups in total. The molecule has 3 heteroatoms. The molecule has 0 atom stereocenters. The Morgan fingerprint density at radius 2 is 0.571 bits per heavy atom. The number of hydrogen-bond acceptors (Lipinski definition) is 0. The van der Waals surface area contributed by atoms with Crippen LogP contribution in [0.3, 0.4) is 0 Å². The fourth-order valence-corrected chi connectivity index (χ4v) is 11.6. The Bertz CT molecular complexity index is 220. The first-order valence-corrected chi connectivity index (χ1v) is 19.1. The van der Waals surface area contributed by atoms with E-state index in [1.807, 2.05) is 36.5 Å². The van der Waals surface area contributed by atoms with Gasteiger partial charge in [0.25, 0.3) is 0 Å². The van der Waals surface area contributed by atoms with Gasteiger partial charge in [0.05, 0.1) is 0 Å². The minimum absolute atomic E-state index is 0. The zero-order chi connectivity index (χ0) is 15.6. The summed E-state index contributed by atoms with van der Waals surface area (Å²) in [6.45, 7) is 22.5. The summed E-state index contributed by atoms with van der Waals surface area (Å²) in [5.41, 5.74) is 0. The average molecular weight is 516 g/mol. The Kier molecular flexibility index (Phi) is 28.4. The van der Waals surface area contributed by atoms with Crippen molar-refractivity contribution in [3.8, 4) is 0 Å². The van der Waals surface area contributed by atoms with E-state index in [9.17, 15) is 0 Å². The molecule has 0 nitrogen and oxygen atoms in total. The van der Waals surface area contributed by atoms with Crippen LogP contribution in [0.2, 0.25) is 26.6 Å². The van der Waals surface area contributed by atoms with Crippen LogP contribution in [-0.4, -0.2) is 39.5 Å². The summed E-state index contributed by atoms with van der Waals surface area (Å²) < 4.78 is 7.58. The van der Waals surface area contributed by atoms with Crippen LogP contribution in [0.5, 0.6) is 0 Å². The minimum atomic E-state index is -1.11. The summed E-state index contributed by atoms with van der Waals surface area (Å²) in [6.07, 6.45) is 12.3. The first kappa shape index (κ1) is 26.3. The van der Waals surface area contributed by atoms with Gasteiger partial charge in [-0.05, 0) is 0 Å². The summed E-state index contributed by atoms with van der Waals surface area (Å²) in [5, 5.41) is 0. The molecule has 0 aromatic heterocycles. The Labute approximate surface area is 154 Å². The molecule has 0 heterocycles. The van der Waals surface area contributed by atoms with Gasteiger partial charge in [-0.1, -0.05) is 0 Å². The molecule has 0 aromatic rings. The normalized spacial score (nSPS) is 8.00. The van der Waals surface area contributed by atoms with Crippen molar-refractivity contribution < 1.29 is 0 Å². The monoisotopic (exact) mass is 518 g/mol. The molecule has 0 aromatic carbocycles. The van der Waals surface area contributed by atoms with E-state index in [2.05, 4.69) is 39.5 Å². The first-order chi connectivity index (χ1) is 9.69. The molecule has 0 saturated carbocycles. The van der Waals surface area contributed by atoms with Crippen molar-refractivity contribution in [3.05, 3.63) is 75.9 Å². The van der Waals surface area contributed by atoms with E-state index in [0.29, 0.717) is 0 Å². The van der Waals surface area contributed by atoms with E-state index >= 15 is 0 Å². The standard InChI is InChI=1S/6C3H5.S.2Sn/c6*1-3-2;;;/h6*3H,1-2H2;;;/q;;;;;;-2;2*+1. The van der Waals surface area contributed by atoms with Crippen LogP contribution in [0.1, 0.15) is 0 Å². The van der Waals surface area contributed by atoms with Crippen LogP contribution < -0.4 is 0 Å². The Balaban J connectivity index is -0.000000295. The molecule has 0 fully saturated rings. The van der Waals surface area contributed by atoms with Gasteiger partial charge in [-0.15, -0.1) is 0 Å². The summed E-state index contributed by atoms with van der Waals surface area (Å²) in [7, 11) is 0. The average Bonchev–Trinajstić information content (AvgIpc) is 2.41. The van der Waals surface area contributed by atoms with Gasteiger partial charge in [0, 0.05) is 0 Å². The molecule has 0 radical (unpaired) electrons. The molecule has 116 valence electrons. The van der Waals surface area contributed by atoms with Crippen molar-refractivity contribution in [3.63, 3.8) is 0 Å². The van der Waals surface area contributed by atoms with E-state index in [0.717, 1.165) is 0 Å². The van der Waals surface area contributed by atoms with Gasteiger partial charge in [0.2, 0.25) is 0 Å². The van der Waals surface area contributed by atoms with Crippen molar-refractivity contribution >= 4 is 53.0 Å². The van der Waals surface area contributed by atoms with Gasteiger partial charge in [-0.25, -0.2) is 0 Å². The Morgan fingerprint density at radius 3 is 0.667 bits per heavy atom. The molecule has 0 aliphatic rings. The molecule has 0 unspecified atom stereocenters. The predicted octanol–water partition coefficient (Wildman–Crippen LogP) is 6.08. The molecule has 21 heavy (non-hydrogen) atoms. The van der Waals surface area contributed by atoms with Crippen molar-refractivity contribution in [2.75, 3.05) is 0 Å². The van der Waals surface area contributed by atoms with E-state index in [1.54, 1.807) is 0 Å². The third kappa shape index (κ3) is 20.4. The first-order valence-electron chi connectivity index (χ1n) is 7.02. The molecule has 0 saturated heterocycles. The maximum atomic E-state index is 3.75. The summed E-state index contributed by atoms with van der Waals surface area (Å²) in [6, 6.07) is 0. The van der Waals surface area contributed by atoms with Gasteiger partial charge in [-0.2, -0.15) is 0 Å². The molecule has 0 spiro atoms. The van der Waals surface area contributed by atoms with Gasteiger partial charge in [0.15, 0.2) is 0 Å². The van der Waals surface area contributed by atoms with Crippen molar-refractivity contribution in [1.82, 2.24) is 0 Å². The number of hydrogen-bond donors (Lipinski definition) is 0. The third-order valence-corrected chi connectivity index (χ3v) is 17.4. The van der Waals surface area contributed by atoms with E-state index in [-0.39, 0.29) is 13.5 Å². The quantitative estimate of drug-likeness (QED) is 0.218. The van der Waals surface area contributed by atoms with Gasteiger partial charge in [0.1, 0.15) is 0 Å². The van der Waals surface area contributed by atoms with Gasteiger partial charge in [-0.3, -0.25) is 0 Å².